The van der Waals surface area contributed by atoms with E-state index in [4.69, 9.17) is 16.0 Å². The molecule has 234 valence electrons. The molecule has 0 spiro atoms. The largest absolute Gasteiger partial charge is 0.451 e. The predicted octanol–water partition coefficient (Wildman–Crippen LogP) is 5.89. The number of nitrogens with one attached hydrogen (secondary N) is 2. The standard InChI is InChI=1S/C35H42ClN3O5/c1-34(2,3)38-33(43)35(24-9-5-4-6-10-24)17-19-39(20-18-35)32(42)27(21-23-13-15-25(36)16-14-23)37-31(41)30-22-28(40)26-11-7-8-12-29(26)44-30/h7-8,11-16,22,24,27H,4-6,9-10,17-21H2,1-3H3,(H,37,41)(H,38,43)/t27-/m0/s1. The zero-order valence-corrected chi connectivity index (χ0v) is 26.5. The van der Waals surface area contributed by atoms with Crippen LogP contribution in [0.1, 0.15) is 81.8 Å². The molecule has 1 saturated carbocycles. The summed E-state index contributed by atoms with van der Waals surface area (Å²) in [6.07, 6.45) is 6.88. The number of para-hydroxylation sites is 1. The Morgan fingerprint density at radius 3 is 2.32 bits per heavy atom. The molecule has 1 aliphatic carbocycles. The number of hydrogen-bond acceptors (Lipinski definition) is 5. The van der Waals surface area contributed by atoms with Gasteiger partial charge < -0.3 is 20.0 Å². The quantitative estimate of drug-likeness (QED) is 0.343. The monoisotopic (exact) mass is 619 g/mol. The minimum Gasteiger partial charge on any atom is -0.451 e. The first-order valence-electron chi connectivity index (χ1n) is 15.6. The van der Waals surface area contributed by atoms with Gasteiger partial charge in [0.1, 0.15) is 11.6 Å². The molecular formula is C35H42ClN3O5. The molecule has 1 aromatic heterocycles. The fraction of sp³-hybridized carbons (Fsp3) is 0.486. The fourth-order valence-corrected chi connectivity index (χ4v) is 6.91. The van der Waals surface area contributed by atoms with Crippen molar-refractivity contribution in [2.75, 3.05) is 13.1 Å². The first-order valence-corrected chi connectivity index (χ1v) is 16.0. The second-order valence-electron chi connectivity index (χ2n) is 13.3. The summed E-state index contributed by atoms with van der Waals surface area (Å²) in [5.74, 6) is -0.655. The molecule has 1 aliphatic heterocycles. The summed E-state index contributed by atoms with van der Waals surface area (Å²) < 4.78 is 5.76. The predicted molar refractivity (Wildman–Crippen MR) is 172 cm³/mol. The van der Waals surface area contributed by atoms with E-state index in [9.17, 15) is 19.2 Å². The Balaban J connectivity index is 1.37. The van der Waals surface area contributed by atoms with Gasteiger partial charge in [0.2, 0.25) is 11.8 Å². The molecule has 8 nitrogen and oxygen atoms in total. The van der Waals surface area contributed by atoms with Crippen molar-refractivity contribution in [1.29, 1.82) is 0 Å². The first-order chi connectivity index (χ1) is 20.9. The summed E-state index contributed by atoms with van der Waals surface area (Å²) in [6, 6.07) is 14.1. The van der Waals surface area contributed by atoms with E-state index in [0.29, 0.717) is 41.9 Å². The topological polar surface area (TPSA) is 109 Å². The normalized spacial score (nSPS) is 18.0. The number of amides is 3. The third kappa shape index (κ3) is 7.17. The van der Waals surface area contributed by atoms with E-state index in [1.165, 1.54) is 6.42 Å². The van der Waals surface area contributed by atoms with Crippen LogP contribution in [0.5, 0.6) is 0 Å². The fourth-order valence-electron chi connectivity index (χ4n) is 6.79. The van der Waals surface area contributed by atoms with Crippen molar-refractivity contribution in [3.8, 4) is 0 Å². The highest BCUT2D eigenvalue weighted by Gasteiger charge is 2.49. The SMILES string of the molecule is CC(C)(C)NC(=O)C1(C2CCCCC2)CCN(C(=O)[C@H](Cc2ccc(Cl)cc2)NC(=O)c2cc(=O)c3ccccc3o2)CC1. The van der Waals surface area contributed by atoms with Crippen LogP contribution in [0.4, 0.5) is 0 Å². The Hall–Kier alpha value is -3.65. The van der Waals surface area contributed by atoms with Crippen LogP contribution < -0.4 is 16.1 Å². The van der Waals surface area contributed by atoms with E-state index in [1.807, 2.05) is 32.9 Å². The van der Waals surface area contributed by atoms with Crippen LogP contribution in [-0.2, 0) is 16.0 Å². The van der Waals surface area contributed by atoms with Crippen molar-refractivity contribution in [3.05, 3.63) is 81.2 Å². The van der Waals surface area contributed by atoms with Crippen LogP contribution >= 0.6 is 11.6 Å². The van der Waals surface area contributed by atoms with Crippen molar-refractivity contribution in [3.63, 3.8) is 0 Å². The molecule has 2 N–H and O–H groups in total. The Kier molecular flexibility index (Phi) is 9.49. The van der Waals surface area contributed by atoms with Gasteiger partial charge >= 0.3 is 0 Å². The lowest BCUT2D eigenvalue weighted by molar-refractivity contribution is -0.147. The highest BCUT2D eigenvalue weighted by atomic mass is 35.5. The van der Waals surface area contributed by atoms with Crippen LogP contribution in [0.2, 0.25) is 5.02 Å². The molecule has 1 atom stereocenters. The Bertz CT molecular complexity index is 1560. The number of benzene rings is 2. The third-order valence-electron chi connectivity index (χ3n) is 9.11. The zero-order valence-electron chi connectivity index (χ0n) is 25.8. The number of hydrogen-bond donors (Lipinski definition) is 2. The lowest BCUT2D eigenvalue weighted by Gasteiger charge is -2.48. The van der Waals surface area contributed by atoms with E-state index in [1.54, 1.807) is 41.3 Å². The van der Waals surface area contributed by atoms with E-state index in [2.05, 4.69) is 10.6 Å². The molecule has 3 amide bonds. The van der Waals surface area contributed by atoms with Gasteiger partial charge in [0.25, 0.3) is 5.91 Å². The molecule has 2 fully saturated rings. The Labute approximate surface area is 263 Å². The number of fused-ring (bicyclic) bond motifs is 1. The summed E-state index contributed by atoms with van der Waals surface area (Å²) in [4.78, 5) is 55.8. The third-order valence-corrected chi connectivity index (χ3v) is 9.36. The number of likely N-dealkylation sites (tertiary alicyclic amines) is 1. The summed E-state index contributed by atoms with van der Waals surface area (Å²) in [5.41, 5.74) is -0.0765. The maximum absolute atomic E-state index is 14.1. The molecule has 1 saturated heterocycles. The van der Waals surface area contributed by atoms with Crippen molar-refractivity contribution in [2.45, 2.75) is 83.7 Å². The van der Waals surface area contributed by atoms with Crippen LogP contribution in [0, 0.1) is 11.3 Å². The van der Waals surface area contributed by atoms with Crippen LogP contribution in [0.3, 0.4) is 0 Å². The first kappa shape index (κ1) is 31.8. The Morgan fingerprint density at radius 2 is 1.66 bits per heavy atom. The maximum Gasteiger partial charge on any atom is 0.287 e. The van der Waals surface area contributed by atoms with Crippen molar-refractivity contribution in [1.82, 2.24) is 15.5 Å². The number of nitrogens with zero attached hydrogens (tertiary/aromatic N) is 1. The molecule has 9 heteroatoms. The molecule has 0 bridgehead atoms. The zero-order chi connectivity index (χ0) is 31.5. The van der Waals surface area contributed by atoms with Crippen LogP contribution in [0.15, 0.2) is 63.8 Å². The summed E-state index contributed by atoms with van der Waals surface area (Å²) >= 11 is 6.10. The van der Waals surface area contributed by atoms with Gasteiger partial charge in [-0.3, -0.25) is 19.2 Å². The summed E-state index contributed by atoms with van der Waals surface area (Å²) in [5, 5.41) is 7.04. The molecule has 2 aliphatic rings. The lowest BCUT2D eigenvalue weighted by atomic mass is 9.63. The van der Waals surface area contributed by atoms with E-state index >= 15 is 0 Å². The van der Waals surface area contributed by atoms with Gasteiger partial charge in [-0.15, -0.1) is 0 Å². The number of rotatable bonds is 7. The second kappa shape index (κ2) is 13.1. The molecular weight excluding hydrogens is 578 g/mol. The van der Waals surface area contributed by atoms with Gasteiger partial charge in [-0.05, 0) is 82.2 Å². The molecule has 0 radical (unpaired) electrons. The lowest BCUT2D eigenvalue weighted by Crippen LogP contribution is -2.59. The minimum atomic E-state index is -0.911. The van der Waals surface area contributed by atoms with E-state index in [-0.39, 0.29) is 40.9 Å². The van der Waals surface area contributed by atoms with Gasteiger partial charge in [-0.2, -0.15) is 0 Å². The van der Waals surface area contributed by atoms with Crippen molar-refractivity contribution < 1.29 is 18.8 Å². The maximum atomic E-state index is 14.1. The minimum absolute atomic E-state index is 0.0846. The molecule has 44 heavy (non-hydrogen) atoms. The average Bonchev–Trinajstić information content (AvgIpc) is 3.01. The smallest absolute Gasteiger partial charge is 0.287 e. The van der Waals surface area contributed by atoms with Crippen molar-refractivity contribution >= 4 is 40.3 Å². The second-order valence-corrected chi connectivity index (χ2v) is 13.8. The van der Waals surface area contributed by atoms with Crippen molar-refractivity contribution in [2.24, 2.45) is 11.3 Å². The van der Waals surface area contributed by atoms with Crippen LogP contribution in [0.25, 0.3) is 11.0 Å². The number of piperidine rings is 1. The Morgan fingerprint density at radius 1 is 1.00 bits per heavy atom. The van der Waals surface area contributed by atoms with Gasteiger partial charge in [-0.1, -0.05) is 55.1 Å². The van der Waals surface area contributed by atoms with E-state index < -0.39 is 17.4 Å². The van der Waals surface area contributed by atoms with Gasteiger partial charge in [0.05, 0.1) is 10.8 Å². The van der Waals surface area contributed by atoms with Crippen LogP contribution in [-0.4, -0.2) is 47.3 Å². The number of carbonyl (C=O) groups excluding carboxylic acids is 3. The summed E-state index contributed by atoms with van der Waals surface area (Å²) in [6.45, 7) is 6.84. The number of halogens is 1. The van der Waals surface area contributed by atoms with Gasteiger partial charge in [0.15, 0.2) is 11.2 Å². The van der Waals surface area contributed by atoms with Gasteiger partial charge in [0, 0.05) is 36.1 Å². The van der Waals surface area contributed by atoms with E-state index in [0.717, 1.165) is 37.3 Å². The molecule has 3 aromatic rings. The molecule has 2 heterocycles. The molecule has 0 unspecified atom stereocenters. The highest BCUT2D eigenvalue weighted by Crippen LogP contribution is 2.46. The highest BCUT2D eigenvalue weighted by molar-refractivity contribution is 6.30. The average molecular weight is 620 g/mol. The number of carbonyl (C=O) groups is 3. The summed E-state index contributed by atoms with van der Waals surface area (Å²) in [7, 11) is 0. The molecule has 5 rings (SSSR count). The van der Waals surface area contributed by atoms with Gasteiger partial charge in [-0.25, -0.2) is 0 Å². The molecule has 2 aromatic carbocycles.